The molecule has 0 atom stereocenters. The fraction of sp³-hybridized carbons (Fsp3) is 0.0625. The molecule has 24 heavy (non-hydrogen) atoms. The molecule has 0 N–H and O–H groups in total. The van der Waals surface area contributed by atoms with Crippen molar-refractivity contribution >= 4 is 27.4 Å². The van der Waals surface area contributed by atoms with Crippen LogP contribution in [0.2, 0.25) is 0 Å². The molecule has 0 amide bonds. The molecule has 124 valence electrons. The van der Waals surface area contributed by atoms with Gasteiger partial charge in [-0.15, -0.1) is 0 Å². The van der Waals surface area contributed by atoms with Crippen LogP contribution in [0.25, 0.3) is 11.0 Å². The van der Waals surface area contributed by atoms with E-state index in [1.807, 2.05) is 0 Å². The Balaban J connectivity index is 2.07. The summed E-state index contributed by atoms with van der Waals surface area (Å²) in [6.45, 7) is 0. The Morgan fingerprint density at radius 3 is 2.67 bits per heavy atom. The molecule has 1 heterocycles. The van der Waals surface area contributed by atoms with Crippen molar-refractivity contribution in [2.45, 2.75) is 4.90 Å². The first-order valence-corrected chi connectivity index (χ1v) is 8.10. The van der Waals surface area contributed by atoms with Gasteiger partial charge in [-0.1, -0.05) is 0 Å². The average Bonchev–Trinajstić information content (AvgIpc) is 3.05. The summed E-state index contributed by atoms with van der Waals surface area (Å²) in [5, 5.41) is 0.0520. The van der Waals surface area contributed by atoms with Crippen LogP contribution in [-0.2, 0) is 10.1 Å². The van der Waals surface area contributed by atoms with E-state index in [4.69, 9.17) is 13.3 Å². The van der Waals surface area contributed by atoms with Gasteiger partial charge < -0.3 is 13.3 Å². The molecule has 6 nitrogen and oxygen atoms in total. The summed E-state index contributed by atoms with van der Waals surface area (Å²) >= 11 is 0. The van der Waals surface area contributed by atoms with E-state index < -0.39 is 15.9 Å². The number of benzene rings is 2. The molecule has 2 aromatic carbocycles. The summed E-state index contributed by atoms with van der Waals surface area (Å²) in [5.74, 6) is -0.473. The summed E-state index contributed by atoms with van der Waals surface area (Å²) in [5.41, 5.74) is -0.187. The van der Waals surface area contributed by atoms with Crippen molar-refractivity contribution in [3.8, 4) is 11.5 Å². The molecule has 0 saturated carbocycles. The van der Waals surface area contributed by atoms with E-state index in [0.717, 1.165) is 12.1 Å². The zero-order valence-corrected chi connectivity index (χ0v) is 13.2. The summed E-state index contributed by atoms with van der Waals surface area (Å²) in [7, 11) is -2.89. The van der Waals surface area contributed by atoms with Crippen LogP contribution in [0.3, 0.4) is 0 Å². The van der Waals surface area contributed by atoms with Crippen LogP contribution in [0.5, 0.6) is 11.5 Å². The molecule has 3 rings (SSSR count). The number of methoxy groups -OCH3 is 1. The van der Waals surface area contributed by atoms with Gasteiger partial charge in [-0.25, -0.2) is 4.39 Å². The maximum absolute atomic E-state index is 13.6. The number of ether oxygens (including phenoxy) is 1. The van der Waals surface area contributed by atoms with Crippen LogP contribution in [0.15, 0.2) is 52.0 Å². The van der Waals surface area contributed by atoms with Crippen molar-refractivity contribution in [1.29, 1.82) is 0 Å². The van der Waals surface area contributed by atoms with Gasteiger partial charge in [-0.05, 0) is 36.4 Å². The predicted octanol–water partition coefficient (Wildman–Crippen LogP) is 3.16. The smallest absolute Gasteiger partial charge is 0.339 e. The Hall–Kier alpha value is -2.87. The normalized spacial score (nSPS) is 11.4. The second kappa shape index (κ2) is 5.97. The van der Waals surface area contributed by atoms with Gasteiger partial charge in [0, 0.05) is 5.39 Å². The molecule has 0 fully saturated rings. The highest BCUT2D eigenvalue weighted by atomic mass is 32.2. The highest BCUT2D eigenvalue weighted by molar-refractivity contribution is 7.87. The summed E-state index contributed by atoms with van der Waals surface area (Å²) in [4.78, 5) is 10.9. The van der Waals surface area contributed by atoms with E-state index in [1.165, 1.54) is 37.6 Å². The standard InChI is InChI=1S/C16H11FO6S/c1-21-11-2-4-14(10(8-11)9-18)23-24(19,20)15-5-3-13(17)16-12(15)6-7-22-16/h2-9H,1H3. The first kappa shape index (κ1) is 16.0. The van der Waals surface area contributed by atoms with E-state index in [9.17, 15) is 17.6 Å². The van der Waals surface area contributed by atoms with E-state index in [0.29, 0.717) is 12.0 Å². The average molecular weight is 350 g/mol. The predicted molar refractivity (Wildman–Crippen MR) is 82.4 cm³/mol. The van der Waals surface area contributed by atoms with Crippen molar-refractivity contribution in [3.05, 3.63) is 54.0 Å². The number of halogens is 1. The van der Waals surface area contributed by atoms with E-state index in [-0.39, 0.29) is 27.2 Å². The van der Waals surface area contributed by atoms with E-state index in [2.05, 4.69) is 0 Å². The summed E-state index contributed by atoms with van der Waals surface area (Å²) < 4.78 is 53.6. The highest BCUT2D eigenvalue weighted by Crippen LogP contribution is 2.30. The molecule has 3 aromatic rings. The topological polar surface area (TPSA) is 82.8 Å². The Labute approximate surface area is 136 Å². The molecule has 0 saturated heterocycles. The fourth-order valence-electron chi connectivity index (χ4n) is 2.21. The molecule has 1 aromatic heterocycles. The molecule has 0 aliphatic rings. The summed E-state index contributed by atoms with van der Waals surface area (Å²) in [6, 6.07) is 7.47. The number of rotatable bonds is 5. The van der Waals surface area contributed by atoms with Crippen LogP contribution in [0.1, 0.15) is 10.4 Å². The molecule has 0 spiro atoms. The van der Waals surface area contributed by atoms with Crippen molar-refractivity contribution in [1.82, 2.24) is 0 Å². The van der Waals surface area contributed by atoms with Gasteiger partial charge in [-0.3, -0.25) is 4.79 Å². The monoisotopic (exact) mass is 350 g/mol. The first-order chi connectivity index (χ1) is 11.5. The number of hydrogen-bond donors (Lipinski definition) is 0. The number of hydrogen-bond acceptors (Lipinski definition) is 6. The SMILES string of the molecule is COc1ccc(OS(=O)(=O)c2ccc(F)c3occc23)c(C=O)c1. The van der Waals surface area contributed by atoms with Crippen LogP contribution >= 0.6 is 0 Å². The van der Waals surface area contributed by atoms with Crippen LogP contribution < -0.4 is 8.92 Å². The summed E-state index contributed by atoms with van der Waals surface area (Å²) in [6.07, 6.45) is 1.63. The van der Waals surface area contributed by atoms with Crippen molar-refractivity contribution < 1.29 is 30.9 Å². The van der Waals surface area contributed by atoms with Crippen molar-refractivity contribution in [2.75, 3.05) is 7.11 Å². The van der Waals surface area contributed by atoms with Gasteiger partial charge in [0.25, 0.3) is 0 Å². The minimum atomic E-state index is -4.31. The number of carbonyl (C=O) groups is 1. The van der Waals surface area contributed by atoms with Gasteiger partial charge in [-0.2, -0.15) is 8.42 Å². The molecule has 0 aliphatic carbocycles. The number of aldehydes is 1. The Kier molecular flexibility index (Phi) is 3.98. The Morgan fingerprint density at radius 1 is 1.17 bits per heavy atom. The molecule has 8 heteroatoms. The largest absolute Gasteiger partial charge is 0.497 e. The van der Waals surface area contributed by atoms with E-state index in [1.54, 1.807) is 0 Å². The Morgan fingerprint density at radius 2 is 1.96 bits per heavy atom. The van der Waals surface area contributed by atoms with Gasteiger partial charge in [0.2, 0.25) is 0 Å². The van der Waals surface area contributed by atoms with Gasteiger partial charge in [0.1, 0.15) is 10.6 Å². The fourth-order valence-corrected chi connectivity index (χ4v) is 3.35. The molecule has 0 aliphatic heterocycles. The van der Waals surface area contributed by atoms with Gasteiger partial charge in [0.15, 0.2) is 23.4 Å². The zero-order chi connectivity index (χ0) is 17.3. The lowest BCUT2D eigenvalue weighted by molar-refractivity contribution is 0.112. The minimum Gasteiger partial charge on any atom is -0.497 e. The van der Waals surface area contributed by atoms with Crippen molar-refractivity contribution in [2.24, 2.45) is 0 Å². The third-order valence-corrected chi connectivity index (χ3v) is 4.64. The molecular formula is C16H11FO6S. The second-order valence-electron chi connectivity index (χ2n) is 4.77. The minimum absolute atomic E-state index is 0.00322. The van der Waals surface area contributed by atoms with Gasteiger partial charge in [0.05, 0.1) is 18.9 Å². The third-order valence-electron chi connectivity index (χ3n) is 3.34. The second-order valence-corrected chi connectivity index (χ2v) is 6.28. The third kappa shape index (κ3) is 2.71. The first-order valence-electron chi connectivity index (χ1n) is 6.69. The lowest BCUT2D eigenvalue weighted by atomic mass is 10.2. The molecule has 0 radical (unpaired) electrons. The zero-order valence-electron chi connectivity index (χ0n) is 12.4. The number of furan rings is 1. The lowest BCUT2D eigenvalue weighted by Gasteiger charge is -2.10. The molecule has 0 unspecified atom stereocenters. The van der Waals surface area contributed by atoms with Crippen LogP contribution in [0.4, 0.5) is 4.39 Å². The molecular weight excluding hydrogens is 339 g/mol. The van der Waals surface area contributed by atoms with Crippen LogP contribution in [0, 0.1) is 5.82 Å². The quantitative estimate of drug-likeness (QED) is 0.519. The number of fused-ring (bicyclic) bond motifs is 1. The maximum atomic E-state index is 13.6. The Bertz CT molecular complexity index is 1020. The van der Waals surface area contributed by atoms with E-state index >= 15 is 0 Å². The van der Waals surface area contributed by atoms with Gasteiger partial charge >= 0.3 is 10.1 Å². The maximum Gasteiger partial charge on any atom is 0.339 e. The number of carbonyl (C=O) groups excluding carboxylic acids is 1. The lowest BCUT2D eigenvalue weighted by Crippen LogP contribution is -2.11. The van der Waals surface area contributed by atoms with Crippen molar-refractivity contribution in [3.63, 3.8) is 0 Å². The molecule has 0 bridgehead atoms. The highest BCUT2D eigenvalue weighted by Gasteiger charge is 2.24. The van der Waals surface area contributed by atoms with Crippen LogP contribution in [-0.4, -0.2) is 21.8 Å².